The van der Waals surface area contributed by atoms with Gasteiger partial charge in [0.15, 0.2) is 0 Å². The summed E-state index contributed by atoms with van der Waals surface area (Å²) in [5, 5.41) is 8.88. The predicted molar refractivity (Wildman–Crippen MR) is 83.5 cm³/mol. The van der Waals surface area contributed by atoms with Gasteiger partial charge in [-0.05, 0) is 43.9 Å². The molecule has 0 bridgehead atoms. The molecule has 0 spiro atoms. The Morgan fingerprint density at radius 1 is 1.30 bits per heavy atom. The third-order valence-corrected chi connectivity index (χ3v) is 3.98. The third kappa shape index (κ3) is 3.53. The van der Waals surface area contributed by atoms with Gasteiger partial charge in [-0.2, -0.15) is 5.26 Å². The van der Waals surface area contributed by atoms with E-state index in [1.54, 1.807) is 23.9 Å². The lowest BCUT2D eigenvalue weighted by molar-refractivity contribution is 0.399. The standard InChI is InChI=1S/C16H17N3S/c1-19(2)11-13-5-3-4-6-15(13)20-16-8-7-12(10-17)9-14(16)18/h3-9H,11,18H2,1-2H3/i1T. The Hall–Kier alpha value is -1.96. The maximum absolute atomic E-state index is 8.88. The normalized spacial score (nSPS) is 11.2. The number of anilines is 1. The van der Waals surface area contributed by atoms with Crippen LogP contribution in [0, 0.1) is 11.3 Å². The molecule has 0 unspecified atom stereocenters. The molecule has 0 aromatic heterocycles. The molecule has 0 radical (unpaired) electrons. The Kier molecular flexibility index (Phi) is 4.22. The first-order valence-electron chi connectivity index (χ1n) is 6.88. The molecule has 0 aliphatic carbocycles. The topological polar surface area (TPSA) is 53.0 Å². The van der Waals surface area contributed by atoms with Gasteiger partial charge in [-0.25, -0.2) is 0 Å². The number of benzene rings is 2. The van der Waals surface area contributed by atoms with E-state index in [0.29, 0.717) is 11.3 Å². The van der Waals surface area contributed by atoms with E-state index in [-0.39, 0.29) is 7.02 Å². The van der Waals surface area contributed by atoms with E-state index in [9.17, 15) is 0 Å². The van der Waals surface area contributed by atoms with Crippen LogP contribution in [0.1, 0.15) is 12.5 Å². The van der Waals surface area contributed by atoms with E-state index in [2.05, 4.69) is 18.2 Å². The minimum Gasteiger partial charge on any atom is -0.398 e. The van der Waals surface area contributed by atoms with Crippen LogP contribution in [0.2, 0.25) is 0 Å². The number of rotatable bonds is 4. The van der Waals surface area contributed by atoms with Crippen LogP contribution in [0.25, 0.3) is 0 Å². The van der Waals surface area contributed by atoms with Gasteiger partial charge in [0.2, 0.25) is 0 Å². The Morgan fingerprint density at radius 2 is 2.10 bits per heavy atom. The Balaban J connectivity index is 2.26. The van der Waals surface area contributed by atoms with Crippen LogP contribution in [0.5, 0.6) is 0 Å². The average Bonchev–Trinajstić information content (AvgIpc) is 2.50. The molecule has 20 heavy (non-hydrogen) atoms. The number of nitrogen functional groups attached to an aromatic ring is 1. The van der Waals surface area contributed by atoms with E-state index in [1.807, 2.05) is 30.1 Å². The molecular formula is C16H17N3S. The second-order valence-electron chi connectivity index (χ2n) is 4.59. The fraction of sp³-hybridized carbons (Fsp3) is 0.188. The van der Waals surface area contributed by atoms with Crippen LogP contribution in [0.15, 0.2) is 52.3 Å². The van der Waals surface area contributed by atoms with Crippen LogP contribution >= 0.6 is 11.8 Å². The SMILES string of the molecule is [3H]CN(C)Cc1ccccc1Sc1ccc(C#N)cc1N. The molecule has 0 aliphatic heterocycles. The van der Waals surface area contributed by atoms with Crippen molar-refractivity contribution in [1.82, 2.24) is 4.90 Å². The highest BCUT2D eigenvalue weighted by molar-refractivity contribution is 7.99. The minimum atomic E-state index is 0.262. The van der Waals surface area contributed by atoms with Crippen molar-refractivity contribution in [3.63, 3.8) is 0 Å². The molecule has 0 fully saturated rings. The smallest absolute Gasteiger partial charge is 0.0992 e. The van der Waals surface area contributed by atoms with Crippen LogP contribution in [-0.4, -0.2) is 19.0 Å². The van der Waals surface area contributed by atoms with Gasteiger partial charge in [0.25, 0.3) is 0 Å². The van der Waals surface area contributed by atoms with Gasteiger partial charge in [-0.3, -0.25) is 0 Å². The van der Waals surface area contributed by atoms with E-state index in [1.165, 1.54) is 5.56 Å². The summed E-state index contributed by atoms with van der Waals surface area (Å²) in [4.78, 5) is 3.99. The van der Waals surface area contributed by atoms with Crippen LogP contribution in [-0.2, 0) is 6.54 Å². The predicted octanol–water partition coefficient (Wildman–Crippen LogP) is 3.35. The molecule has 2 aromatic carbocycles. The van der Waals surface area contributed by atoms with E-state index >= 15 is 0 Å². The first-order valence-corrected chi connectivity index (χ1v) is 6.99. The number of hydrogen-bond donors (Lipinski definition) is 1. The molecule has 0 amide bonds. The molecule has 3 nitrogen and oxygen atoms in total. The van der Waals surface area contributed by atoms with Gasteiger partial charge in [0.05, 0.1) is 11.6 Å². The van der Waals surface area contributed by atoms with Crippen LogP contribution < -0.4 is 5.73 Å². The van der Waals surface area contributed by atoms with Crippen molar-refractivity contribution in [2.45, 2.75) is 16.3 Å². The number of nitrogens with two attached hydrogens (primary N) is 1. The summed E-state index contributed by atoms with van der Waals surface area (Å²) < 4.78 is 7.40. The Morgan fingerprint density at radius 3 is 2.80 bits per heavy atom. The summed E-state index contributed by atoms with van der Waals surface area (Å²) in [5.74, 6) is 0. The summed E-state index contributed by atoms with van der Waals surface area (Å²) in [5.41, 5.74) is 8.36. The zero-order chi connectivity index (χ0) is 15.2. The highest BCUT2D eigenvalue weighted by Gasteiger charge is 2.08. The lowest BCUT2D eigenvalue weighted by atomic mass is 10.2. The summed E-state index contributed by atoms with van der Waals surface area (Å²) in [6.45, 7) is 0.725. The monoisotopic (exact) mass is 285 g/mol. The van der Waals surface area contributed by atoms with E-state index < -0.39 is 0 Å². The van der Waals surface area contributed by atoms with E-state index in [4.69, 9.17) is 12.4 Å². The highest BCUT2D eigenvalue weighted by Crippen LogP contribution is 2.34. The molecule has 2 aromatic rings. The van der Waals surface area contributed by atoms with Crippen molar-refractivity contribution >= 4 is 17.4 Å². The van der Waals surface area contributed by atoms with Gasteiger partial charge in [-0.15, -0.1) is 0 Å². The number of nitriles is 1. The summed E-state index contributed by atoms with van der Waals surface area (Å²) in [6.07, 6.45) is 0. The molecule has 0 heterocycles. The van der Waals surface area contributed by atoms with Gasteiger partial charge in [0, 0.05) is 23.4 Å². The molecular weight excluding hydrogens is 266 g/mol. The van der Waals surface area contributed by atoms with Gasteiger partial charge in [-0.1, -0.05) is 30.0 Å². The maximum Gasteiger partial charge on any atom is 0.0992 e. The van der Waals surface area contributed by atoms with Crippen molar-refractivity contribution < 1.29 is 1.37 Å². The summed E-state index contributed by atoms with van der Waals surface area (Å²) in [7, 11) is 2.18. The largest absolute Gasteiger partial charge is 0.398 e. The van der Waals surface area contributed by atoms with E-state index in [0.717, 1.165) is 16.3 Å². The number of hydrogen-bond acceptors (Lipinski definition) is 4. The van der Waals surface area contributed by atoms with Crippen molar-refractivity contribution in [2.75, 3.05) is 19.8 Å². The van der Waals surface area contributed by atoms with Crippen LogP contribution in [0.4, 0.5) is 5.69 Å². The van der Waals surface area contributed by atoms with Crippen molar-refractivity contribution in [3.05, 3.63) is 53.6 Å². The highest BCUT2D eigenvalue weighted by atomic mass is 32.2. The van der Waals surface area contributed by atoms with Crippen LogP contribution in [0.3, 0.4) is 0 Å². The molecule has 0 aliphatic rings. The lowest BCUT2D eigenvalue weighted by Gasteiger charge is -2.14. The minimum absolute atomic E-state index is 0.262. The second-order valence-corrected chi connectivity index (χ2v) is 5.67. The second kappa shape index (κ2) is 6.47. The first-order chi connectivity index (χ1) is 10.1. The molecule has 2 N–H and O–H groups in total. The van der Waals surface area contributed by atoms with Crippen molar-refractivity contribution in [2.24, 2.45) is 0 Å². The first kappa shape index (κ1) is 13.0. The molecule has 2 rings (SSSR count). The van der Waals surface area contributed by atoms with Gasteiger partial charge in [0.1, 0.15) is 0 Å². The molecule has 4 heteroatoms. The zero-order valence-electron chi connectivity index (χ0n) is 12.3. The quantitative estimate of drug-likeness (QED) is 0.875. The Bertz CT molecular complexity index is 667. The third-order valence-electron chi connectivity index (χ3n) is 2.77. The fourth-order valence-electron chi connectivity index (χ4n) is 1.85. The average molecular weight is 285 g/mol. The van der Waals surface area contributed by atoms with Crippen molar-refractivity contribution in [3.8, 4) is 6.07 Å². The summed E-state index contributed by atoms with van der Waals surface area (Å²) in [6, 6.07) is 15.5. The maximum atomic E-state index is 8.88. The zero-order valence-corrected chi connectivity index (χ0v) is 12.2. The Labute approximate surface area is 125 Å². The van der Waals surface area contributed by atoms with Gasteiger partial charge < -0.3 is 10.6 Å². The molecule has 102 valence electrons. The lowest BCUT2D eigenvalue weighted by Crippen LogP contribution is -2.11. The van der Waals surface area contributed by atoms with Crippen molar-refractivity contribution in [1.29, 1.82) is 5.26 Å². The van der Waals surface area contributed by atoms with Gasteiger partial charge >= 0.3 is 0 Å². The number of nitrogens with zero attached hydrogens (tertiary/aromatic N) is 2. The molecule has 0 atom stereocenters. The fourth-order valence-corrected chi connectivity index (χ4v) is 2.81. The summed E-state index contributed by atoms with van der Waals surface area (Å²) >= 11 is 1.59. The molecule has 0 saturated heterocycles. The molecule has 0 saturated carbocycles.